The molecular formula is C11H14ClFN4O. The highest BCUT2D eigenvalue weighted by atomic mass is 35.5. The second-order valence-corrected chi connectivity index (χ2v) is 4.00. The maximum atomic E-state index is 13.0. The minimum Gasteiger partial charge on any atom is -0.370 e. The van der Waals surface area contributed by atoms with E-state index in [1.54, 1.807) is 0 Å². The normalized spacial score (nSPS) is 9.94. The summed E-state index contributed by atoms with van der Waals surface area (Å²) in [6.07, 6.45) is 0.680. The van der Waals surface area contributed by atoms with Crippen LogP contribution in [0.25, 0.3) is 0 Å². The van der Waals surface area contributed by atoms with Crippen molar-refractivity contribution in [3.05, 3.63) is 29.0 Å². The quantitative estimate of drug-likeness (QED) is 0.583. The number of hydrogen-bond donors (Lipinski definition) is 3. The topological polar surface area (TPSA) is 82.2 Å². The number of anilines is 1. The zero-order valence-electron chi connectivity index (χ0n) is 9.84. The van der Waals surface area contributed by atoms with Crippen LogP contribution in [0.1, 0.15) is 13.3 Å². The number of carbonyl (C=O) groups is 1. The summed E-state index contributed by atoms with van der Waals surface area (Å²) in [5.41, 5.74) is 5.47. The lowest BCUT2D eigenvalue weighted by atomic mass is 10.2. The summed E-state index contributed by atoms with van der Waals surface area (Å²) in [6.45, 7) is 2.26. The molecule has 0 bridgehead atoms. The van der Waals surface area contributed by atoms with Crippen molar-refractivity contribution in [2.24, 2.45) is 5.73 Å². The van der Waals surface area contributed by atoms with Crippen LogP contribution in [0, 0.1) is 11.2 Å². The molecule has 1 rings (SSSR count). The van der Waals surface area contributed by atoms with Gasteiger partial charge in [-0.15, -0.1) is 0 Å². The molecule has 4 N–H and O–H groups in total. The Hall–Kier alpha value is -1.82. The lowest BCUT2D eigenvalue weighted by molar-refractivity contribution is 0.250. The van der Waals surface area contributed by atoms with E-state index in [0.29, 0.717) is 18.7 Å². The van der Waals surface area contributed by atoms with E-state index < -0.39 is 17.8 Å². The van der Waals surface area contributed by atoms with E-state index in [1.807, 2.05) is 6.92 Å². The third-order valence-corrected chi connectivity index (χ3v) is 2.44. The summed E-state index contributed by atoms with van der Waals surface area (Å²) in [5.74, 6) is -0.938. The van der Waals surface area contributed by atoms with Crippen LogP contribution >= 0.6 is 11.6 Å². The molecule has 0 aromatic heterocycles. The van der Waals surface area contributed by atoms with Crippen molar-refractivity contribution >= 4 is 29.3 Å². The van der Waals surface area contributed by atoms with E-state index in [1.165, 1.54) is 17.0 Å². The van der Waals surface area contributed by atoms with E-state index in [2.05, 4.69) is 5.32 Å². The minimum absolute atomic E-state index is 0.127. The molecule has 0 radical (unpaired) electrons. The average molecular weight is 273 g/mol. The van der Waals surface area contributed by atoms with Gasteiger partial charge in [-0.3, -0.25) is 15.6 Å². The second kappa shape index (κ2) is 6.20. The largest absolute Gasteiger partial charge is 0.370 e. The van der Waals surface area contributed by atoms with Gasteiger partial charge in [-0.05, 0) is 24.6 Å². The maximum Gasteiger partial charge on any atom is 0.328 e. The van der Waals surface area contributed by atoms with Gasteiger partial charge in [-0.1, -0.05) is 18.5 Å². The molecule has 18 heavy (non-hydrogen) atoms. The third kappa shape index (κ3) is 3.59. The van der Waals surface area contributed by atoms with E-state index in [4.69, 9.17) is 22.7 Å². The molecule has 0 atom stereocenters. The van der Waals surface area contributed by atoms with E-state index >= 15 is 0 Å². The third-order valence-electron chi connectivity index (χ3n) is 2.13. The Bertz CT molecular complexity index is 466. The molecule has 5 nitrogen and oxygen atoms in total. The fourth-order valence-corrected chi connectivity index (χ4v) is 1.71. The molecule has 0 unspecified atom stereocenters. The highest BCUT2D eigenvalue weighted by molar-refractivity contribution is 6.33. The molecule has 0 aliphatic carbocycles. The summed E-state index contributed by atoms with van der Waals surface area (Å²) >= 11 is 5.89. The number of hydrogen-bond acceptors (Lipinski definition) is 2. The Kier molecular flexibility index (Phi) is 4.91. The van der Waals surface area contributed by atoms with Crippen molar-refractivity contribution in [1.82, 2.24) is 5.32 Å². The van der Waals surface area contributed by atoms with Crippen LogP contribution in [0.4, 0.5) is 14.9 Å². The molecule has 1 aromatic rings. The molecule has 0 fully saturated rings. The van der Waals surface area contributed by atoms with Crippen molar-refractivity contribution in [2.45, 2.75) is 13.3 Å². The lowest BCUT2D eigenvalue weighted by Gasteiger charge is -2.23. The van der Waals surface area contributed by atoms with Crippen molar-refractivity contribution in [3.63, 3.8) is 0 Å². The maximum absolute atomic E-state index is 13.0. The lowest BCUT2D eigenvalue weighted by Crippen LogP contribution is -2.46. The first-order chi connectivity index (χ1) is 8.45. The molecule has 0 saturated heterocycles. The molecule has 0 saturated carbocycles. The summed E-state index contributed by atoms with van der Waals surface area (Å²) < 4.78 is 13.0. The zero-order chi connectivity index (χ0) is 13.7. The fourth-order valence-electron chi connectivity index (χ4n) is 1.44. The van der Waals surface area contributed by atoms with Gasteiger partial charge < -0.3 is 5.73 Å². The number of nitrogens with one attached hydrogen (secondary N) is 2. The number of carbonyl (C=O) groups excluding carboxylic acids is 1. The number of amides is 2. The Morgan fingerprint density at radius 2 is 2.28 bits per heavy atom. The molecule has 0 spiro atoms. The van der Waals surface area contributed by atoms with Gasteiger partial charge in [0.05, 0.1) is 10.7 Å². The molecular weight excluding hydrogens is 259 g/mol. The van der Waals surface area contributed by atoms with Crippen LogP contribution in [-0.4, -0.2) is 18.5 Å². The van der Waals surface area contributed by atoms with Crippen molar-refractivity contribution in [3.8, 4) is 0 Å². The van der Waals surface area contributed by atoms with E-state index in [0.717, 1.165) is 6.07 Å². The first kappa shape index (κ1) is 14.2. The van der Waals surface area contributed by atoms with Gasteiger partial charge in [0.2, 0.25) is 0 Å². The number of nitrogens with two attached hydrogens (primary N) is 1. The highest BCUT2D eigenvalue weighted by Gasteiger charge is 2.18. The number of urea groups is 1. The molecule has 0 aliphatic rings. The van der Waals surface area contributed by atoms with Crippen molar-refractivity contribution in [2.75, 3.05) is 11.4 Å². The number of nitrogens with zero attached hydrogens (tertiary/aromatic N) is 1. The average Bonchev–Trinajstić information content (AvgIpc) is 2.25. The molecule has 0 aliphatic heterocycles. The molecule has 2 amide bonds. The van der Waals surface area contributed by atoms with Gasteiger partial charge in [-0.25, -0.2) is 9.18 Å². The number of guanidine groups is 1. The van der Waals surface area contributed by atoms with Gasteiger partial charge in [-0.2, -0.15) is 0 Å². The summed E-state index contributed by atoms with van der Waals surface area (Å²) in [5, 5.41) is 9.32. The van der Waals surface area contributed by atoms with Crippen LogP contribution in [-0.2, 0) is 0 Å². The van der Waals surface area contributed by atoms with Crippen LogP contribution in [0.3, 0.4) is 0 Å². The molecule has 7 heteroatoms. The van der Waals surface area contributed by atoms with E-state index in [9.17, 15) is 9.18 Å². The predicted octanol–water partition coefficient (Wildman–Crippen LogP) is 2.30. The molecule has 0 heterocycles. The first-order valence-corrected chi connectivity index (χ1v) is 5.71. The van der Waals surface area contributed by atoms with Crippen LogP contribution in [0.2, 0.25) is 5.02 Å². The minimum atomic E-state index is -0.571. The zero-order valence-corrected chi connectivity index (χ0v) is 10.6. The standard InChI is InChI=1S/C11H14ClFN4O/c1-2-5-17(11(18)16-10(14)15)9-4-3-7(13)6-8(9)12/h3-4,6H,2,5H2,1H3,(H4,14,15,16,18). The van der Waals surface area contributed by atoms with Crippen molar-refractivity contribution < 1.29 is 9.18 Å². The van der Waals surface area contributed by atoms with Gasteiger partial charge in [0, 0.05) is 6.54 Å². The van der Waals surface area contributed by atoms with Gasteiger partial charge in [0.15, 0.2) is 5.96 Å². The second-order valence-electron chi connectivity index (χ2n) is 3.59. The molecule has 98 valence electrons. The van der Waals surface area contributed by atoms with Crippen LogP contribution < -0.4 is 16.0 Å². The summed E-state index contributed by atoms with van der Waals surface area (Å²) in [4.78, 5) is 13.1. The highest BCUT2D eigenvalue weighted by Crippen LogP contribution is 2.26. The Morgan fingerprint density at radius 1 is 1.61 bits per heavy atom. The fraction of sp³-hybridized carbons (Fsp3) is 0.273. The van der Waals surface area contributed by atoms with Crippen LogP contribution in [0.15, 0.2) is 18.2 Å². The first-order valence-electron chi connectivity index (χ1n) is 5.33. The SMILES string of the molecule is CCCN(C(=O)NC(=N)N)c1ccc(F)cc1Cl. The summed E-state index contributed by atoms with van der Waals surface area (Å²) in [7, 11) is 0. The monoisotopic (exact) mass is 272 g/mol. The Balaban J connectivity index is 3.03. The van der Waals surface area contributed by atoms with Gasteiger partial charge >= 0.3 is 6.03 Å². The smallest absolute Gasteiger partial charge is 0.328 e. The number of benzene rings is 1. The van der Waals surface area contributed by atoms with Crippen LogP contribution in [0.5, 0.6) is 0 Å². The Labute approximate surface area is 109 Å². The molecule has 1 aromatic carbocycles. The van der Waals surface area contributed by atoms with Gasteiger partial charge in [0.1, 0.15) is 5.82 Å². The number of rotatable bonds is 3. The summed E-state index contributed by atoms with van der Waals surface area (Å²) in [6, 6.07) is 3.18. The van der Waals surface area contributed by atoms with E-state index in [-0.39, 0.29) is 5.02 Å². The Morgan fingerprint density at radius 3 is 2.78 bits per heavy atom. The predicted molar refractivity (Wildman–Crippen MR) is 69.5 cm³/mol. The van der Waals surface area contributed by atoms with Gasteiger partial charge in [0.25, 0.3) is 0 Å². The number of halogens is 2. The van der Waals surface area contributed by atoms with Crippen molar-refractivity contribution in [1.29, 1.82) is 5.41 Å².